The van der Waals surface area contributed by atoms with E-state index in [0.29, 0.717) is 55.1 Å². The minimum Gasteiger partial charge on any atom is -0.507 e. The lowest BCUT2D eigenvalue weighted by Crippen LogP contribution is -2.45. The molecule has 0 saturated heterocycles. The van der Waals surface area contributed by atoms with Crippen molar-refractivity contribution in [1.82, 2.24) is 25.2 Å². The van der Waals surface area contributed by atoms with Crippen molar-refractivity contribution in [3.63, 3.8) is 0 Å². The van der Waals surface area contributed by atoms with Gasteiger partial charge in [0.25, 0.3) is 0 Å². The van der Waals surface area contributed by atoms with E-state index in [2.05, 4.69) is 31.8 Å². The molecule has 2 amide bonds. The zero-order valence-corrected chi connectivity index (χ0v) is 24.1. The molecule has 10 nitrogen and oxygen atoms in total. The molecule has 0 aliphatic carbocycles. The van der Waals surface area contributed by atoms with Gasteiger partial charge in [-0.2, -0.15) is 0 Å². The third kappa shape index (κ3) is 6.86. The second-order valence-corrected chi connectivity index (χ2v) is 9.85. The van der Waals surface area contributed by atoms with Crippen molar-refractivity contribution in [2.45, 2.75) is 39.2 Å². The standard InChI is InChI=1S/C29H33ClFN7O3/c1-6-7-11-37(19(4)13-34-16-39)28(32-5)20-12-21(30)27(25-22(31)9-8-10-24(25)41)36-29(20)38(17-40)23-14-33-15-35-26(23)18(2)3/h6,8-10,12,14-19,41H,1,7,11,13H2,2-5H3,(H,34,39)/b32-28+. The number of phenolic OH excluding ortho intramolecular Hbond substituents is 1. The third-order valence-electron chi connectivity index (χ3n) is 6.37. The second kappa shape index (κ2) is 14.3. The predicted molar refractivity (Wildman–Crippen MR) is 158 cm³/mol. The SMILES string of the molecule is C=CCCN(/C(=N/C)c1cc(Cl)c(-c2c(O)cccc2F)nc1N(C=O)c1cncnc1C(C)C)C(C)CNC=O. The van der Waals surface area contributed by atoms with Crippen molar-refractivity contribution >= 4 is 41.8 Å². The molecule has 1 atom stereocenters. The molecule has 216 valence electrons. The molecule has 0 aliphatic rings. The van der Waals surface area contributed by atoms with Crippen LogP contribution in [-0.4, -0.2) is 69.8 Å². The van der Waals surface area contributed by atoms with E-state index in [1.807, 2.05) is 25.7 Å². The van der Waals surface area contributed by atoms with Crippen molar-refractivity contribution in [3.8, 4) is 17.0 Å². The van der Waals surface area contributed by atoms with Gasteiger partial charge < -0.3 is 15.3 Å². The molecular formula is C29H33ClFN7O3. The number of carbonyl (C=O) groups excluding carboxylic acids is 2. The van der Waals surface area contributed by atoms with Crippen molar-refractivity contribution in [2.75, 3.05) is 25.0 Å². The quantitative estimate of drug-likeness (QED) is 0.128. The molecular weight excluding hydrogens is 549 g/mol. The number of aliphatic imine (C=N–C) groups is 1. The number of halogens is 2. The molecule has 41 heavy (non-hydrogen) atoms. The number of aromatic hydroxyl groups is 1. The van der Waals surface area contributed by atoms with Crippen molar-refractivity contribution in [2.24, 2.45) is 4.99 Å². The zero-order chi connectivity index (χ0) is 30.1. The van der Waals surface area contributed by atoms with Gasteiger partial charge in [0, 0.05) is 26.2 Å². The van der Waals surface area contributed by atoms with Gasteiger partial charge >= 0.3 is 0 Å². The molecule has 2 heterocycles. The summed E-state index contributed by atoms with van der Waals surface area (Å²) in [6.07, 6.45) is 6.40. The number of nitrogens with one attached hydrogen (secondary N) is 1. The molecule has 3 aromatic rings. The van der Waals surface area contributed by atoms with Crippen molar-refractivity contribution in [1.29, 1.82) is 0 Å². The summed E-state index contributed by atoms with van der Waals surface area (Å²) >= 11 is 6.71. The molecule has 0 aliphatic heterocycles. The first kappa shape index (κ1) is 31.2. The summed E-state index contributed by atoms with van der Waals surface area (Å²) in [5.41, 5.74) is 1.00. The Bertz CT molecular complexity index is 1410. The molecule has 1 unspecified atom stereocenters. The topological polar surface area (TPSA) is 124 Å². The maximum Gasteiger partial charge on any atom is 0.220 e. The number of benzene rings is 1. The Morgan fingerprint density at radius 3 is 2.66 bits per heavy atom. The lowest BCUT2D eigenvalue weighted by molar-refractivity contribution is -0.109. The van der Waals surface area contributed by atoms with Gasteiger partial charge in [-0.25, -0.2) is 19.3 Å². The van der Waals surface area contributed by atoms with E-state index in [4.69, 9.17) is 11.6 Å². The van der Waals surface area contributed by atoms with Crippen LogP contribution in [0.4, 0.5) is 15.9 Å². The van der Waals surface area contributed by atoms with E-state index in [1.54, 1.807) is 13.1 Å². The van der Waals surface area contributed by atoms with E-state index in [1.165, 1.54) is 41.7 Å². The van der Waals surface area contributed by atoms with Crippen LogP contribution in [0.1, 0.15) is 44.4 Å². The summed E-state index contributed by atoms with van der Waals surface area (Å²) in [4.78, 5) is 44.7. The van der Waals surface area contributed by atoms with Crippen LogP contribution in [0.3, 0.4) is 0 Å². The summed E-state index contributed by atoms with van der Waals surface area (Å²) < 4.78 is 15.0. The van der Waals surface area contributed by atoms with Gasteiger partial charge in [-0.1, -0.05) is 37.6 Å². The molecule has 0 fully saturated rings. The Morgan fingerprint density at radius 1 is 1.29 bits per heavy atom. The Hall–Kier alpha value is -4.38. The van der Waals surface area contributed by atoms with Crippen LogP contribution in [0.2, 0.25) is 5.02 Å². The lowest BCUT2D eigenvalue weighted by Gasteiger charge is -2.33. The fourth-order valence-corrected chi connectivity index (χ4v) is 4.68. The number of anilines is 2. The van der Waals surface area contributed by atoms with Crippen LogP contribution < -0.4 is 10.2 Å². The highest BCUT2D eigenvalue weighted by Gasteiger charge is 2.29. The number of carbonyl (C=O) groups is 2. The normalized spacial score (nSPS) is 12.1. The van der Waals surface area contributed by atoms with Gasteiger partial charge in [-0.3, -0.25) is 19.5 Å². The smallest absolute Gasteiger partial charge is 0.220 e. The summed E-state index contributed by atoms with van der Waals surface area (Å²) in [5, 5.41) is 13.2. The molecule has 1 aromatic carbocycles. The Morgan fingerprint density at radius 2 is 2.05 bits per heavy atom. The largest absolute Gasteiger partial charge is 0.507 e. The van der Waals surface area contributed by atoms with E-state index in [-0.39, 0.29) is 39.8 Å². The number of rotatable bonds is 13. The van der Waals surface area contributed by atoms with E-state index in [0.717, 1.165) is 0 Å². The fraction of sp³-hybridized carbons (Fsp3) is 0.310. The third-order valence-corrected chi connectivity index (χ3v) is 6.66. The second-order valence-electron chi connectivity index (χ2n) is 9.44. The Kier molecular flexibility index (Phi) is 10.9. The molecule has 12 heteroatoms. The first-order chi connectivity index (χ1) is 19.7. The van der Waals surface area contributed by atoms with E-state index >= 15 is 4.39 Å². The minimum absolute atomic E-state index is 0.0203. The highest BCUT2D eigenvalue weighted by atomic mass is 35.5. The van der Waals surface area contributed by atoms with Crippen LogP contribution in [0.5, 0.6) is 5.75 Å². The number of amides is 2. The highest BCUT2D eigenvalue weighted by Crippen LogP contribution is 2.40. The van der Waals surface area contributed by atoms with E-state index < -0.39 is 5.82 Å². The summed E-state index contributed by atoms with van der Waals surface area (Å²) in [5.74, 6) is -0.715. The van der Waals surface area contributed by atoms with Crippen LogP contribution in [0.25, 0.3) is 11.3 Å². The Labute approximate surface area is 243 Å². The maximum atomic E-state index is 15.0. The number of hydrogen-bond donors (Lipinski definition) is 2. The Balaban J connectivity index is 2.38. The zero-order valence-electron chi connectivity index (χ0n) is 23.4. The first-order valence-corrected chi connectivity index (χ1v) is 13.3. The number of nitrogens with zero attached hydrogens (tertiary/aromatic N) is 6. The fourth-order valence-electron chi connectivity index (χ4n) is 4.43. The summed E-state index contributed by atoms with van der Waals surface area (Å²) in [6, 6.07) is 5.15. The van der Waals surface area contributed by atoms with Gasteiger partial charge in [-0.05, 0) is 37.5 Å². The molecule has 3 rings (SSSR count). The van der Waals surface area contributed by atoms with Crippen LogP contribution >= 0.6 is 11.6 Å². The van der Waals surface area contributed by atoms with Crippen LogP contribution in [0, 0.1) is 5.82 Å². The van der Waals surface area contributed by atoms with Gasteiger partial charge in [-0.15, -0.1) is 6.58 Å². The average molecular weight is 582 g/mol. The maximum absolute atomic E-state index is 15.0. The van der Waals surface area contributed by atoms with Crippen LogP contribution in [-0.2, 0) is 9.59 Å². The van der Waals surface area contributed by atoms with Gasteiger partial charge in [0.15, 0.2) is 5.82 Å². The van der Waals surface area contributed by atoms with Gasteiger partial charge in [0.2, 0.25) is 12.8 Å². The molecule has 2 N–H and O–H groups in total. The molecule has 0 radical (unpaired) electrons. The first-order valence-electron chi connectivity index (χ1n) is 12.9. The number of phenols is 1. The summed E-state index contributed by atoms with van der Waals surface area (Å²) in [6.45, 7) is 10.3. The van der Waals surface area contributed by atoms with Gasteiger partial charge in [0.1, 0.15) is 23.7 Å². The minimum atomic E-state index is -0.743. The summed E-state index contributed by atoms with van der Waals surface area (Å²) in [7, 11) is 1.58. The molecule has 0 bridgehead atoms. The van der Waals surface area contributed by atoms with Crippen molar-refractivity contribution in [3.05, 3.63) is 71.5 Å². The predicted octanol–water partition coefficient (Wildman–Crippen LogP) is 4.84. The van der Waals surface area contributed by atoms with Crippen LogP contribution in [0.15, 0.2) is 54.4 Å². The lowest BCUT2D eigenvalue weighted by atomic mass is 10.0. The monoisotopic (exact) mass is 581 g/mol. The van der Waals surface area contributed by atoms with Gasteiger partial charge in [0.05, 0.1) is 39.4 Å². The van der Waals surface area contributed by atoms with Crippen molar-refractivity contribution < 1.29 is 19.1 Å². The number of pyridine rings is 1. The number of amidine groups is 1. The molecule has 0 saturated carbocycles. The highest BCUT2D eigenvalue weighted by molar-refractivity contribution is 6.33. The average Bonchev–Trinajstić information content (AvgIpc) is 2.95. The molecule has 0 spiro atoms. The number of aromatic nitrogens is 3. The van der Waals surface area contributed by atoms with E-state index in [9.17, 15) is 14.7 Å². The molecule has 2 aromatic heterocycles. The number of hydrogen-bond acceptors (Lipinski definition) is 7.